The summed E-state index contributed by atoms with van der Waals surface area (Å²) in [5.41, 5.74) is 6.83. The molecular weight excluding hydrogens is 349 g/mol. The van der Waals surface area contributed by atoms with Crippen LogP contribution in [0.15, 0.2) is 22.9 Å². The van der Waals surface area contributed by atoms with Crippen LogP contribution in [0.1, 0.15) is 11.6 Å². The van der Waals surface area contributed by atoms with E-state index >= 15 is 0 Å². The summed E-state index contributed by atoms with van der Waals surface area (Å²) in [4.78, 5) is 7.68. The predicted octanol–water partition coefficient (Wildman–Crippen LogP) is 2.02. The van der Waals surface area contributed by atoms with E-state index in [1.807, 2.05) is 6.07 Å². The Morgan fingerprint density at radius 1 is 1.24 bits per heavy atom. The second-order valence-electron chi connectivity index (χ2n) is 5.12. The first-order chi connectivity index (χ1) is 9.89. The van der Waals surface area contributed by atoms with Crippen LogP contribution < -0.4 is 5.73 Å². The Balaban J connectivity index is 1.96. The highest BCUT2D eigenvalue weighted by Crippen LogP contribution is 2.24. The van der Waals surface area contributed by atoms with E-state index in [-0.39, 0.29) is 6.04 Å². The molecule has 0 aliphatic carbocycles. The van der Waals surface area contributed by atoms with Gasteiger partial charge in [-0.3, -0.25) is 14.8 Å². The van der Waals surface area contributed by atoms with Gasteiger partial charge in [-0.1, -0.05) is 0 Å². The maximum Gasteiger partial charge on any atom is 0.401 e. The third-order valence-corrected chi connectivity index (χ3v) is 4.02. The lowest BCUT2D eigenvalue weighted by molar-refractivity contribution is -0.149. The molecule has 2 heterocycles. The molecule has 4 nitrogen and oxygen atoms in total. The summed E-state index contributed by atoms with van der Waals surface area (Å²) in [7, 11) is 0. The molecule has 1 aromatic rings. The summed E-state index contributed by atoms with van der Waals surface area (Å²) in [6.45, 7) is 1.52. The van der Waals surface area contributed by atoms with Gasteiger partial charge in [0, 0.05) is 55.6 Å². The van der Waals surface area contributed by atoms with Crippen LogP contribution in [0.4, 0.5) is 13.2 Å². The molecule has 0 bridgehead atoms. The summed E-state index contributed by atoms with van der Waals surface area (Å²) in [5.74, 6) is 0. The Hall–Kier alpha value is -0.700. The Morgan fingerprint density at radius 3 is 2.43 bits per heavy atom. The number of piperazine rings is 1. The zero-order valence-corrected chi connectivity index (χ0v) is 13.1. The van der Waals surface area contributed by atoms with Crippen LogP contribution in [0.2, 0.25) is 0 Å². The summed E-state index contributed by atoms with van der Waals surface area (Å²) < 4.78 is 38.0. The number of alkyl halides is 3. The van der Waals surface area contributed by atoms with E-state index in [4.69, 9.17) is 5.73 Å². The number of nitrogens with two attached hydrogens (primary N) is 1. The molecule has 1 fully saturated rings. The Labute approximate surface area is 130 Å². The predicted molar refractivity (Wildman–Crippen MR) is 77.8 cm³/mol. The Bertz CT molecular complexity index is 461. The maximum atomic E-state index is 12.4. The third-order valence-electron chi connectivity index (χ3n) is 3.58. The van der Waals surface area contributed by atoms with Crippen molar-refractivity contribution in [2.75, 3.05) is 39.3 Å². The lowest BCUT2D eigenvalue weighted by Crippen LogP contribution is -2.51. The van der Waals surface area contributed by atoms with Crippen LogP contribution in [0, 0.1) is 0 Å². The molecule has 1 saturated heterocycles. The van der Waals surface area contributed by atoms with Gasteiger partial charge in [-0.25, -0.2) is 0 Å². The second kappa shape index (κ2) is 7.04. The number of hydrogen-bond acceptors (Lipinski definition) is 4. The minimum atomic E-state index is -4.14. The fraction of sp³-hybridized carbons (Fsp3) is 0.615. The number of aromatic nitrogens is 1. The van der Waals surface area contributed by atoms with E-state index < -0.39 is 12.7 Å². The van der Waals surface area contributed by atoms with Gasteiger partial charge < -0.3 is 5.73 Å². The highest BCUT2D eigenvalue weighted by Gasteiger charge is 2.33. The average molecular weight is 367 g/mol. The van der Waals surface area contributed by atoms with Crippen LogP contribution in [-0.4, -0.2) is 60.2 Å². The van der Waals surface area contributed by atoms with Crippen LogP contribution in [0.3, 0.4) is 0 Å². The zero-order valence-electron chi connectivity index (χ0n) is 11.5. The van der Waals surface area contributed by atoms with E-state index in [1.165, 1.54) is 4.90 Å². The number of halogens is 4. The summed E-state index contributed by atoms with van der Waals surface area (Å²) in [5, 5.41) is 0. The number of hydrogen-bond donors (Lipinski definition) is 1. The maximum absolute atomic E-state index is 12.4. The van der Waals surface area contributed by atoms with E-state index in [0.717, 1.165) is 10.0 Å². The average Bonchev–Trinajstić information content (AvgIpc) is 2.40. The minimum Gasteiger partial charge on any atom is -0.329 e. The van der Waals surface area contributed by atoms with Crippen molar-refractivity contribution in [1.82, 2.24) is 14.8 Å². The SMILES string of the molecule is NCC(c1cncc(Br)c1)N1CCN(CC(F)(F)F)CC1. The van der Waals surface area contributed by atoms with Gasteiger partial charge >= 0.3 is 6.18 Å². The van der Waals surface area contributed by atoms with Crippen molar-refractivity contribution >= 4 is 15.9 Å². The van der Waals surface area contributed by atoms with Crippen LogP contribution in [0.25, 0.3) is 0 Å². The molecule has 1 aliphatic heterocycles. The van der Waals surface area contributed by atoms with E-state index in [2.05, 4.69) is 25.8 Å². The van der Waals surface area contributed by atoms with Gasteiger partial charge in [-0.15, -0.1) is 0 Å². The molecule has 1 aliphatic rings. The molecule has 1 aromatic heterocycles. The number of nitrogens with zero attached hydrogens (tertiary/aromatic N) is 3. The van der Waals surface area contributed by atoms with E-state index in [9.17, 15) is 13.2 Å². The molecule has 0 amide bonds. The van der Waals surface area contributed by atoms with Gasteiger partial charge in [0.05, 0.1) is 6.54 Å². The Morgan fingerprint density at radius 2 is 1.90 bits per heavy atom. The Kier molecular flexibility index (Phi) is 5.59. The lowest BCUT2D eigenvalue weighted by Gasteiger charge is -2.39. The lowest BCUT2D eigenvalue weighted by atomic mass is 10.1. The first-order valence-corrected chi connectivity index (χ1v) is 7.52. The summed E-state index contributed by atoms with van der Waals surface area (Å²) in [6.07, 6.45) is -0.688. The smallest absolute Gasteiger partial charge is 0.329 e. The van der Waals surface area contributed by atoms with Gasteiger partial charge in [-0.05, 0) is 27.6 Å². The molecule has 8 heteroatoms. The van der Waals surface area contributed by atoms with Gasteiger partial charge in [0.1, 0.15) is 0 Å². The molecule has 21 heavy (non-hydrogen) atoms. The quantitative estimate of drug-likeness (QED) is 0.885. The fourth-order valence-electron chi connectivity index (χ4n) is 2.59. The monoisotopic (exact) mass is 366 g/mol. The van der Waals surface area contributed by atoms with Crippen molar-refractivity contribution in [3.05, 3.63) is 28.5 Å². The molecule has 1 unspecified atom stereocenters. The van der Waals surface area contributed by atoms with Gasteiger partial charge in [0.15, 0.2) is 0 Å². The van der Waals surface area contributed by atoms with Crippen molar-refractivity contribution < 1.29 is 13.2 Å². The highest BCUT2D eigenvalue weighted by molar-refractivity contribution is 9.10. The van der Waals surface area contributed by atoms with Gasteiger partial charge in [0.25, 0.3) is 0 Å². The van der Waals surface area contributed by atoms with E-state index in [0.29, 0.717) is 32.7 Å². The second-order valence-corrected chi connectivity index (χ2v) is 6.03. The van der Waals surface area contributed by atoms with Crippen molar-refractivity contribution in [2.45, 2.75) is 12.2 Å². The molecule has 118 valence electrons. The molecule has 1 atom stereocenters. The molecule has 0 spiro atoms. The van der Waals surface area contributed by atoms with Crippen molar-refractivity contribution in [3.8, 4) is 0 Å². The van der Waals surface area contributed by atoms with Gasteiger partial charge in [-0.2, -0.15) is 13.2 Å². The standard InChI is InChI=1S/C13H18BrF3N4/c14-11-5-10(7-19-8-11)12(6-18)21-3-1-20(2-4-21)9-13(15,16)17/h5,7-8,12H,1-4,6,9,18H2. The fourth-order valence-corrected chi connectivity index (χ4v) is 2.98. The van der Waals surface area contributed by atoms with Crippen LogP contribution in [-0.2, 0) is 0 Å². The largest absolute Gasteiger partial charge is 0.401 e. The first kappa shape index (κ1) is 16.7. The van der Waals surface area contributed by atoms with E-state index in [1.54, 1.807) is 12.4 Å². The topological polar surface area (TPSA) is 45.4 Å². The van der Waals surface area contributed by atoms with Gasteiger partial charge in [0.2, 0.25) is 0 Å². The molecular formula is C13H18BrF3N4. The van der Waals surface area contributed by atoms with Crippen molar-refractivity contribution in [2.24, 2.45) is 5.73 Å². The third kappa shape index (κ3) is 4.91. The molecule has 2 rings (SSSR count). The number of pyridine rings is 1. The minimum absolute atomic E-state index is 0.0111. The first-order valence-electron chi connectivity index (χ1n) is 6.73. The molecule has 0 aromatic carbocycles. The summed E-state index contributed by atoms with van der Waals surface area (Å²) in [6, 6.07) is 1.94. The normalized spacial score (nSPS) is 19.7. The molecule has 0 saturated carbocycles. The van der Waals surface area contributed by atoms with Crippen LogP contribution >= 0.6 is 15.9 Å². The molecule has 2 N–H and O–H groups in total. The van der Waals surface area contributed by atoms with Crippen molar-refractivity contribution in [3.63, 3.8) is 0 Å². The van der Waals surface area contributed by atoms with Crippen LogP contribution in [0.5, 0.6) is 0 Å². The van der Waals surface area contributed by atoms with Crippen molar-refractivity contribution in [1.29, 1.82) is 0 Å². The number of rotatable bonds is 4. The highest BCUT2D eigenvalue weighted by atomic mass is 79.9. The summed E-state index contributed by atoms with van der Waals surface area (Å²) >= 11 is 3.37. The zero-order chi connectivity index (χ0) is 15.5. The molecule has 0 radical (unpaired) electrons.